The summed E-state index contributed by atoms with van der Waals surface area (Å²) in [5.74, 6) is 1.59. The van der Waals surface area contributed by atoms with Crippen LogP contribution in [0.4, 0.5) is 0 Å². The Bertz CT molecular complexity index is 562. The zero-order valence-corrected chi connectivity index (χ0v) is 25.3. The first-order valence-corrected chi connectivity index (χ1v) is 16.9. The maximum absolute atomic E-state index is 2.59. The second-order valence-electron chi connectivity index (χ2n) is 11.6. The van der Waals surface area contributed by atoms with E-state index in [1.165, 1.54) is 180 Å². The fourth-order valence-corrected chi connectivity index (χ4v) is 5.60. The fraction of sp³-hybridized carbons (Fsp3) is 0.912. The van der Waals surface area contributed by atoms with Crippen molar-refractivity contribution in [1.29, 1.82) is 0 Å². The van der Waals surface area contributed by atoms with Crippen molar-refractivity contribution in [2.24, 2.45) is 0 Å². The second kappa shape index (κ2) is 25.8. The van der Waals surface area contributed by atoms with Gasteiger partial charge in [0.1, 0.15) is 12.4 Å². The van der Waals surface area contributed by atoms with Crippen LogP contribution in [0.15, 0.2) is 12.4 Å². The van der Waals surface area contributed by atoms with Crippen LogP contribution in [-0.4, -0.2) is 4.57 Å². The molecule has 1 aromatic heterocycles. The van der Waals surface area contributed by atoms with Crippen molar-refractivity contribution in [3.8, 4) is 0 Å². The van der Waals surface area contributed by atoms with Gasteiger partial charge in [0.15, 0.2) is 0 Å². The van der Waals surface area contributed by atoms with Crippen molar-refractivity contribution >= 4 is 0 Å². The van der Waals surface area contributed by atoms with E-state index in [0.717, 1.165) is 0 Å². The molecule has 1 heterocycles. The standard InChI is InChI=1S/C34H67N2/c1-4-7-10-12-14-16-18-19-20-22-24-26-28-31-36-33-32-35(34(36)29-9-6-3)30-27-25-23-21-17-15-13-11-8-5-2/h32-33H,4-31H2,1-3H3/q+1. The van der Waals surface area contributed by atoms with Gasteiger partial charge in [0, 0.05) is 6.42 Å². The maximum Gasteiger partial charge on any atom is 0.256 e. The Morgan fingerprint density at radius 2 is 0.861 bits per heavy atom. The number of imidazole rings is 1. The minimum absolute atomic E-state index is 1.22. The molecule has 0 aliphatic carbocycles. The van der Waals surface area contributed by atoms with Crippen molar-refractivity contribution in [3.05, 3.63) is 18.2 Å². The molecule has 0 amide bonds. The first-order valence-electron chi connectivity index (χ1n) is 16.9. The van der Waals surface area contributed by atoms with Gasteiger partial charge in [-0.2, -0.15) is 0 Å². The van der Waals surface area contributed by atoms with Gasteiger partial charge in [0.2, 0.25) is 0 Å². The minimum atomic E-state index is 1.22. The molecule has 0 radical (unpaired) electrons. The molecule has 212 valence electrons. The molecule has 0 atom stereocenters. The lowest BCUT2D eigenvalue weighted by molar-refractivity contribution is -0.704. The molecule has 0 aliphatic rings. The van der Waals surface area contributed by atoms with Crippen LogP contribution in [0.1, 0.15) is 187 Å². The molecule has 2 heteroatoms. The van der Waals surface area contributed by atoms with Gasteiger partial charge < -0.3 is 0 Å². The first kappa shape index (κ1) is 33.2. The van der Waals surface area contributed by atoms with Crippen molar-refractivity contribution < 1.29 is 4.57 Å². The summed E-state index contributed by atoms with van der Waals surface area (Å²) in [5, 5.41) is 0. The van der Waals surface area contributed by atoms with Crippen LogP contribution >= 0.6 is 0 Å². The van der Waals surface area contributed by atoms with Crippen LogP contribution in [0, 0.1) is 0 Å². The summed E-state index contributed by atoms with van der Waals surface area (Å²) in [6.45, 7) is 9.38. The lowest BCUT2D eigenvalue weighted by atomic mass is 10.0. The third-order valence-electron chi connectivity index (χ3n) is 8.10. The average molecular weight is 504 g/mol. The molecule has 2 nitrogen and oxygen atoms in total. The highest BCUT2D eigenvalue weighted by Crippen LogP contribution is 2.14. The summed E-state index contributed by atoms with van der Waals surface area (Å²) in [7, 11) is 0. The van der Waals surface area contributed by atoms with Crippen molar-refractivity contribution in [1.82, 2.24) is 4.57 Å². The van der Waals surface area contributed by atoms with E-state index >= 15 is 0 Å². The summed E-state index contributed by atoms with van der Waals surface area (Å²) in [5.41, 5.74) is 0. The predicted octanol–water partition coefficient (Wildman–Crippen LogP) is 11.1. The van der Waals surface area contributed by atoms with Gasteiger partial charge in [-0.3, -0.25) is 0 Å². The van der Waals surface area contributed by atoms with Crippen molar-refractivity contribution in [2.75, 3.05) is 0 Å². The van der Waals surface area contributed by atoms with Crippen LogP contribution in [-0.2, 0) is 19.5 Å². The third kappa shape index (κ3) is 18.5. The van der Waals surface area contributed by atoms with E-state index in [2.05, 4.69) is 42.3 Å². The molecule has 0 aliphatic heterocycles. The van der Waals surface area contributed by atoms with Crippen LogP contribution in [0.2, 0.25) is 0 Å². The van der Waals surface area contributed by atoms with Gasteiger partial charge in [0.25, 0.3) is 5.82 Å². The van der Waals surface area contributed by atoms with Crippen LogP contribution < -0.4 is 4.57 Å². The second-order valence-corrected chi connectivity index (χ2v) is 11.6. The molecule has 36 heavy (non-hydrogen) atoms. The zero-order chi connectivity index (χ0) is 25.9. The number of aryl methyl sites for hydroxylation is 2. The average Bonchev–Trinajstić information content (AvgIpc) is 3.27. The van der Waals surface area contributed by atoms with Crippen LogP contribution in [0.3, 0.4) is 0 Å². The Kier molecular flexibility index (Phi) is 23.9. The van der Waals surface area contributed by atoms with E-state index in [1.807, 2.05) is 0 Å². The molecule has 0 fully saturated rings. The summed E-state index contributed by atoms with van der Waals surface area (Å²) in [4.78, 5) is 0. The summed E-state index contributed by atoms with van der Waals surface area (Å²) in [6.07, 6.45) is 41.5. The van der Waals surface area contributed by atoms with E-state index in [1.54, 1.807) is 5.82 Å². The Hall–Kier alpha value is -0.790. The SMILES string of the molecule is CCCCCCCCCCCCCCC[n+]1ccn(CCCCCCCCCCCC)c1CCCC. The number of rotatable bonds is 28. The number of hydrogen-bond donors (Lipinski definition) is 0. The molecule has 0 saturated carbocycles. The molecular formula is C34H67N2+. The summed E-state index contributed by atoms with van der Waals surface area (Å²) < 4.78 is 5.17. The van der Waals surface area contributed by atoms with Crippen molar-refractivity contribution in [2.45, 2.75) is 201 Å². The molecule has 0 N–H and O–H groups in total. The lowest BCUT2D eigenvalue weighted by Gasteiger charge is -2.06. The highest BCUT2D eigenvalue weighted by atomic mass is 15.1. The van der Waals surface area contributed by atoms with E-state index in [4.69, 9.17) is 0 Å². The maximum atomic E-state index is 2.59. The molecule has 0 saturated heterocycles. The van der Waals surface area contributed by atoms with E-state index in [9.17, 15) is 0 Å². The largest absolute Gasteiger partial charge is 0.256 e. The van der Waals surface area contributed by atoms with Crippen molar-refractivity contribution in [3.63, 3.8) is 0 Å². The molecule has 0 unspecified atom stereocenters. The lowest BCUT2D eigenvalue weighted by Crippen LogP contribution is -2.37. The normalized spacial score (nSPS) is 11.5. The molecule has 1 rings (SSSR count). The first-order chi connectivity index (χ1) is 17.8. The Morgan fingerprint density at radius 1 is 0.472 bits per heavy atom. The number of unbranched alkanes of at least 4 members (excludes halogenated alkanes) is 22. The van der Waals surface area contributed by atoms with Gasteiger partial charge in [-0.15, -0.1) is 0 Å². The highest BCUT2D eigenvalue weighted by Gasteiger charge is 2.16. The van der Waals surface area contributed by atoms with Gasteiger partial charge in [-0.25, -0.2) is 9.13 Å². The quantitative estimate of drug-likeness (QED) is 0.0794. The molecular weight excluding hydrogens is 436 g/mol. The summed E-state index contributed by atoms with van der Waals surface area (Å²) >= 11 is 0. The molecule has 0 spiro atoms. The predicted molar refractivity (Wildman–Crippen MR) is 161 cm³/mol. The Balaban J connectivity index is 2.12. The molecule has 0 bridgehead atoms. The number of hydrogen-bond acceptors (Lipinski definition) is 0. The highest BCUT2D eigenvalue weighted by molar-refractivity contribution is 4.84. The van der Waals surface area contributed by atoms with Gasteiger partial charge in [-0.1, -0.05) is 149 Å². The number of nitrogens with zero attached hydrogens (tertiary/aromatic N) is 2. The summed E-state index contributed by atoms with van der Waals surface area (Å²) in [6, 6.07) is 0. The smallest absolute Gasteiger partial charge is 0.234 e. The third-order valence-corrected chi connectivity index (χ3v) is 8.10. The van der Waals surface area contributed by atoms with Crippen LogP contribution in [0.25, 0.3) is 0 Å². The van der Waals surface area contributed by atoms with Gasteiger partial charge in [0.05, 0.1) is 13.1 Å². The van der Waals surface area contributed by atoms with E-state index < -0.39 is 0 Å². The number of aromatic nitrogens is 2. The molecule has 0 aromatic carbocycles. The monoisotopic (exact) mass is 504 g/mol. The van der Waals surface area contributed by atoms with Crippen LogP contribution in [0.5, 0.6) is 0 Å². The minimum Gasteiger partial charge on any atom is -0.234 e. The zero-order valence-electron chi connectivity index (χ0n) is 25.3. The topological polar surface area (TPSA) is 8.81 Å². The van der Waals surface area contributed by atoms with E-state index in [-0.39, 0.29) is 0 Å². The Morgan fingerprint density at radius 3 is 1.31 bits per heavy atom. The Labute approximate surface area is 228 Å². The van der Waals surface area contributed by atoms with Gasteiger partial charge >= 0.3 is 0 Å². The fourth-order valence-electron chi connectivity index (χ4n) is 5.60. The van der Waals surface area contributed by atoms with Gasteiger partial charge in [-0.05, 0) is 32.1 Å². The molecule has 1 aromatic rings. The van der Waals surface area contributed by atoms with E-state index in [0.29, 0.717) is 0 Å².